The minimum absolute atomic E-state index is 0.0161. The lowest BCUT2D eigenvalue weighted by molar-refractivity contribution is -0.116. The van der Waals surface area contributed by atoms with Gasteiger partial charge in [-0.25, -0.2) is 0 Å². The first-order valence-corrected chi connectivity index (χ1v) is 7.32. The van der Waals surface area contributed by atoms with Crippen LogP contribution >= 0.6 is 0 Å². The van der Waals surface area contributed by atoms with E-state index >= 15 is 0 Å². The number of hydrogen-bond donors (Lipinski definition) is 1. The fourth-order valence-corrected chi connectivity index (χ4v) is 2.63. The molecule has 0 saturated carbocycles. The average Bonchev–Trinajstić information content (AvgIpc) is 2.84. The van der Waals surface area contributed by atoms with Gasteiger partial charge in [-0.2, -0.15) is 0 Å². The lowest BCUT2D eigenvalue weighted by Gasteiger charge is -2.15. The van der Waals surface area contributed by atoms with Crippen LogP contribution in [-0.2, 0) is 11.3 Å². The van der Waals surface area contributed by atoms with Crippen molar-refractivity contribution < 1.29 is 14.4 Å². The van der Waals surface area contributed by atoms with Gasteiger partial charge in [0.15, 0.2) is 5.78 Å². The normalized spacial score (nSPS) is 12.9. The van der Waals surface area contributed by atoms with Gasteiger partial charge in [0.25, 0.3) is 5.91 Å². The van der Waals surface area contributed by atoms with Crippen molar-refractivity contribution in [1.29, 1.82) is 0 Å². The van der Waals surface area contributed by atoms with E-state index in [-0.39, 0.29) is 24.1 Å². The predicted molar refractivity (Wildman–Crippen MR) is 86.3 cm³/mol. The quantitative estimate of drug-likeness (QED) is 0.882. The van der Waals surface area contributed by atoms with Crippen molar-refractivity contribution in [1.82, 2.24) is 4.90 Å². The highest BCUT2D eigenvalue weighted by Gasteiger charge is 2.28. The Morgan fingerprint density at radius 2 is 1.91 bits per heavy atom. The van der Waals surface area contributed by atoms with E-state index in [2.05, 4.69) is 5.32 Å². The number of nitrogens with one attached hydrogen (secondary N) is 1. The summed E-state index contributed by atoms with van der Waals surface area (Å²) in [6.07, 6.45) is 0. The van der Waals surface area contributed by atoms with Gasteiger partial charge in [-0.1, -0.05) is 30.3 Å². The second-order valence-corrected chi connectivity index (χ2v) is 5.50. The Bertz CT molecular complexity index is 798. The molecule has 5 heteroatoms. The fraction of sp³-hybridized carbons (Fsp3) is 0.167. The van der Waals surface area contributed by atoms with Crippen LogP contribution in [0.4, 0.5) is 5.69 Å². The van der Waals surface area contributed by atoms with Gasteiger partial charge >= 0.3 is 0 Å². The molecule has 0 bridgehead atoms. The third-order valence-electron chi connectivity index (χ3n) is 3.78. The first kappa shape index (κ1) is 15.0. The molecule has 0 aliphatic carbocycles. The summed E-state index contributed by atoms with van der Waals surface area (Å²) in [4.78, 5) is 37.3. The molecule has 2 aromatic rings. The molecule has 0 unspecified atom stereocenters. The van der Waals surface area contributed by atoms with E-state index in [1.54, 1.807) is 30.3 Å². The summed E-state index contributed by atoms with van der Waals surface area (Å²) < 4.78 is 0. The summed E-state index contributed by atoms with van der Waals surface area (Å²) in [7, 11) is 0. The number of rotatable bonds is 4. The highest BCUT2D eigenvalue weighted by Crippen LogP contribution is 2.22. The zero-order valence-corrected chi connectivity index (χ0v) is 12.7. The summed E-state index contributed by atoms with van der Waals surface area (Å²) in [5.41, 5.74) is 2.67. The third-order valence-corrected chi connectivity index (χ3v) is 3.78. The minimum atomic E-state index is -0.285. The van der Waals surface area contributed by atoms with E-state index in [0.717, 1.165) is 5.56 Å². The van der Waals surface area contributed by atoms with Crippen LogP contribution in [-0.4, -0.2) is 29.0 Å². The van der Waals surface area contributed by atoms with Crippen LogP contribution in [0, 0.1) is 0 Å². The van der Waals surface area contributed by atoms with Crippen molar-refractivity contribution in [2.75, 3.05) is 11.9 Å². The maximum Gasteiger partial charge on any atom is 0.254 e. The van der Waals surface area contributed by atoms with Crippen molar-refractivity contribution in [2.24, 2.45) is 0 Å². The van der Waals surface area contributed by atoms with Crippen LogP contribution < -0.4 is 5.32 Å². The molecule has 1 aliphatic heterocycles. The Hall–Kier alpha value is -2.95. The number of hydrogen-bond acceptors (Lipinski definition) is 3. The Balaban J connectivity index is 1.66. The zero-order valence-electron chi connectivity index (χ0n) is 12.7. The summed E-state index contributed by atoms with van der Waals surface area (Å²) in [5, 5.41) is 2.73. The largest absolute Gasteiger partial charge is 0.325 e. The molecular formula is C18H16N2O3. The van der Waals surface area contributed by atoms with E-state index in [4.69, 9.17) is 0 Å². The topological polar surface area (TPSA) is 66.5 Å². The molecule has 3 rings (SSSR count). The lowest BCUT2D eigenvalue weighted by atomic mass is 10.1. The number of benzene rings is 2. The van der Waals surface area contributed by atoms with Gasteiger partial charge in [0, 0.05) is 23.4 Å². The standard InChI is InChI=1S/C18H16N2O3/c1-12(21)13-6-4-7-15(9-13)19-17(22)11-20-10-14-5-2-3-8-16(14)18(20)23/h2-9H,10-11H2,1H3,(H,19,22). The van der Waals surface area contributed by atoms with Crippen LogP contribution in [0.15, 0.2) is 48.5 Å². The molecule has 2 aromatic carbocycles. The lowest BCUT2D eigenvalue weighted by Crippen LogP contribution is -2.33. The number of fused-ring (bicyclic) bond motifs is 1. The molecular weight excluding hydrogens is 292 g/mol. The Morgan fingerprint density at radius 3 is 2.65 bits per heavy atom. The number of carbonyl (C=O) groups excluding carboxylic acids is 3. The highest BCUT2D eigenvalue weighted by atomic mass is 16.2. The summed E-state index contributed by atoms with van der Waals surface area (Å²) in [6.45, 7) is 1.90. The molecule has 0 saturated heterocycles. The van der Waals surface area contributed by atoms with Crippen molar-refractivity contribution >= 4 is 23.3 Å². The van der Waals surface area contributed by atoms with Gasteiger partial charge in [-0.15, -0.1) is 0 Å². The molecule has 0 fully saturated rings. The Kier molecular flexibility index (Phi) is 3.93. The van der Waals surface area contributed by atoms with Gasteiger partial charge in [0.1, 0.15) is 6.54 Å². The van der Waals surface area contributed by atoms with Crippen molar-refractivity contribution in [3.8, 4) is 0 Å². The third kappa shape index (κ3) is 3.13. The van der Waals surface area contributed by atoms with Crippen molar-refractivity contribution in [3.63, 3.8) is 0 Å². The number of anilines is 1. The molecule has 116 valence electrons. The number of ketones is 1. The molecule has 0 atom stereocenters. The molecule has 0 aromatic heterocycles. The van der Waals surface area contributed by atoms with E-state index in [0.29, 0.717) is 23.4 Å². The highest BCUT2D eigenvalue weighted by molar-refractivity contribution is 6.02. The van der Waals surface area contributed by atoms with E-state index < -0.39 is 0 Å². The smallest absolute Gasteiger partial charge is 0.254 e. The van der Waals surface area contributed by atoms with Crippen molar-refractivity contribution in [3.05, 3.63) is 65.2 Å². The fourth-order valence-electron chi connectivity index (χ4n) is 2.63. The Morgan fingerprint density at radius 1 is 1.13 bits per heavy atom. The molecule has 1 heterocycles. The average molecular weight is 308 g/mol. The summed E-state index contributed by atoms with van der Waals surface area (Å²) in [6, 6.07) is 14.1. The van der Waals surface area contributed by atoms with Crippen molar-refractivity contribution in [2.45, 2.75) is 13.5 Å². The van der Waals surface area contributed by atoms with Gasteiger partial charge in [0.05, 0.1) is 0 Å². The van der Waals surface area contributed by atoms with Crippen LogP contribution in [0.2, 0.25) is 0 Å². The molecule has 1 aliphatic rings. The minimum Gasteiger partial charge on any atom is -0.325 e. The SMILES string of the molecule is CC(=O)c1cccc(NC(=O)CN2Cc3ccccc3C2=O)c1. The molecule has 0 spiro atoms. The predicted octanol–water partition coefficient (Wildman–Crippen LogP) is 2.48. The van der Waals surface area contributed by atoms with Crippen LogP contribution in [0.1, 0.15) is 33.2 Å². The summed E-state index contributed by atoms with van der Waals surface area (Å²) in [5.74, 6) is -0.480. The summed E-state index contributed by atoms with van der Waals surface area (Å²) >= 11 is 0. The molecule has 5 nitrogen and oxygen atoms in total. The second kappa shape index (κ2) is 6.04. The monoisotopic (exact) mass is 308 g/mol. The van der Waals surface area contributed by atoms with Crippen LogP contribution in [0.25, 0.3) is 0 Å². The van der Waals surface area contributed by atoms with Gasteiger partial charge in [0.2, 0.25) is 5.91 Å². The second-order valence-electron chi connectivity index (χ2n) is 5.50. The van der Waals surface area contributed by atoms with E-state index in [1.165, 1.54) is 11.8 Å². The maximum atomic E-state index is 12.2. The van der Waals surface area contributed by atoms with Gasteiger partial charge in [-0.3, -0.25) is 14.4 Å². The molecule has 23 heavy (non-hydrogen) atoms. The first-order chi connectivity index (χ1) is 11.0. The zero-order chi connectivity index (χ0) is 16.4. The van der Waals surface area contributed by atoms with Gasteiger partial charge in [-0.05, 0) is 30.7 Å². The number of Topliss-reactive ketones (excluding diaryl/α,β-unsaturated/α-hetero) is 1. The number of nitrogens with zero attached hydrogens (tertiary/aromatic N) is 1. The number of carbonyl (C=O) groups is 3. The Labute approximate surface area is 133 Å². The molecule has 1 N–H and O–H groups in total. The van der Waals surface area contributed by atoms with Crippen LogP contribution in [0.3, 0.4) is 0 Å². The molecule has 2 amide bonds. The number of amides is 2. The van der Waals surface area contributed by atoms with Crippen LogP contribution in [0.5, 0.6) is 0 Å². The van der Waals surface area contributed by atoms with Gasteiger partial charge < -0.3 is 10.2 Å². The van der Waals surface area contributed by atoms with E-state index in [1.807, 2.05) is 18.2 Å². The molecule has 0 radical (unpaired) electrons. The maximum absolute atomic E-state index is 12.2. The van der Waals surface area contributed by atoms with E-state index in [9.17, 15) is 14.4 Å². The first-order valence-electron chi connectivity index (χ1n) is 7.32.